The number of halogens is 10. The molecule has 0 saturated heterocycles. The van der Waals surface area contributed by atoms with Gasteiger partial charge in [0.1, 0.15) is 23.3 Å². The first-order valence-corrected chi connectivity index (χ1v) is 13.0. The zero-order valence-electron chi connectivity index (χ0n) is 22.6. The molecule has 0 amide bonds. The van der Waals surface area contributed by atoms with Crippen LogP contribution in [-0.2, 0) is 30.4 Å². The lowest BCUT2D eigenvalue weighted by atomic mass is 10.1. The van der Waals surface area contributed by atoms with Gasteiger partial charge in [0.25, 0.3) is 0 Å². The van der Waals surface area contributed by atoms with E-state index in [9.17, 15) is 48.7 Å². The minimum atomic E-state index is -6.09. The second-order valence-electron chi connectivity index (χ2n) is 8.45. The number of benzene rings is 3. The van der Waals surface area contributed by atoms with E-state index in [2.05, 4.69) is 0 Å². The summed E-state index contributed by atoms with van der Waals surface area (Å²) >= 11 is 0. The Balaban J connectivity index is 0.000000302. The van der Waals surface area contributed by atoms with E-state index in [-0.39, 0.29) is 11.1 Å². The number of para-hydroxylation sites is 2. The van der Waals surface area contributed by atoms with Crippen molar-refractivity contribution in [1.82, 2.24) is 4.57 Å². The van der Waals surface area contributed by atoms with Crippen LogP contribution in [0.15, 0.2) is 60.7 Å². The number of carbonyl (C=O) groups excluding carboxylic acids is 1. The summed E-state index contributed by atoms with van der Waals surface area (Å²) in [5, 5.41) is 8.93. The van der Waals surface area contributed by atoms with Crippen LogP contribution in [0.5, 0.6) is 0 Å². The number of hydrogen-bond acceptors (Lipinski definition) is 5. The topological polar surface area (TPSA) is 103 Å². The number of carbonyl (C=O) groups is 1. The molecule has 242 valence electrons. The van der Waals surface area contributed by atoms with Crippen LogP contribution < -0.4 is 4.57 Å². The SMILES string of the molecule is CC(O)c1ccc(F)cc1F.Cn1c(C(F)(F)F)[n+](C)c2ccccc21.O=Cc1ccc(F)cc1F.O=S(=O)([O-])C(F)(F)F. The number of aldehydes is 1. The van der Waals surface area contributed by atoms with E-state index in [1.807, 2.05) is 0 Å². The van der Waals surface area contributed by atoms with Crippen LogP contribution in [0.4, 0.5) is 43.9 Å². The summed E-state index contributed by atoms with van der Waals surface area (Å²) in [6, 6.07) is 12.7. The fourth-order valence-corrected chi connectivity index (χ4v) is 3.30. The Morgan fingerprint density at radius 1 is 0.886 bits per heavy atom. The Morgan fingerprint density at radius 2 is 1.36 bits per heavy atom. The summed E-state index contributed by atoms with van der Waals surface area (Å²) in [5.74, 6) is -3.49. The zero-order chi connectivity index (χ0) is 34.2. The number of alkyl halides is 6. The average Bonchev–Trinajstić information content (AvgIpc) is 3.14. The number of rotatable bonds is 2. The summed E-state index contributed by atoms with van der Waals surface area (Å²) in [4.78, 5) is 9.98. The van der Waals surface area contributed by atoms with Gasteiger partial charge in [0, 0.05) is 17.7 Å². The number of aromatic nitrogens is 2. The highest BCUT2D eigenvalue weighted by atomic mass is 32.2. The van der Waals surface area contributed by atoms with Gasteiger partial charge in [-0.3, -0.25) is 4.79 Å². The van der Waals surface area contributed by atoms with Crippen molar-refractivity contribution in [2.75, 3.05) is 0 Å². The van der Waals surface area contributed by atoms with Crippen LogP contribution in [0.2, 0.25) is 0 Å². The Bertz CT molecular complexity index is 1650. The molecule has 3 aromatic carbocycles. The number of aliphatic hydroxyl groups excluding tert-OH is 1. The van der Waals surface area contributed by atoms with Crippen molar-refractivity contribution in [1.29, 1.82) is 0 Å². The highest BCUT2D eigenvalue weighted by molar-refractivity contribution is 7.86. The predicted molar refractivity (Wildman–Crippen MR) is 134 cm³/mol. The molecule has 0 fully saturated rings. The van der Waals surface area contributed by atoms with Crippen LogP contribution in [0.1, 0.15) is 34.8 Å². The second-order valence-corrected chi connectivity index (χ2v) is 9.82. The number of fused-ring (bicyclic) bond motifs is 1. The van der Waals surface area contributed by atoms with Gasteiger partial charge >= 0.3 is 17.5 Å². The minimum absolute atomic E-state index is 0.117. The highest BCUT2D eigenvalue weighted by Gasteiger charge is 2.45. The molecule has 0 aliphatic rings. The fraction of sp³-hybridized carbons (Fsp3) is 0.231. The van der Waals surface area contributed by atoms with Gasteiger partial charge in [-0.2, -0.15) is 26.3 Å². The summed E-state index contributed by atoms with van der Waals surface area (Å²) in [6.07, 6.45) is -4.88. The van der Waals surface area contributed by atoms with E-state index in [1.54, 1.807) is 24.3 Å². The molecule has 0 radical (unpaired) electrons. The molecule has 0 aliphatic carbocycles. The van der Waals surface area contributed by atoms with Crippen molar-refractivity contribution in [3.05, 3.63) is 101 Å². The Hall–Kier alpha value is -4.03. The molecule has 0 aliphatic heterocycles. The molecule has 1 heterocycles. The third-order valence-corrected chi connectivity index (χ3v) is 5.85. The van der Waals surface area contributed by atoms with Crippen molar-refractivity contribution < 1.29 is 71.3 Å². The van der Waals surface area contributed by atoms with Gasteiger partial charge in [-0.05, 0) is 37.3 Å². The molecule has 0 bridgehead atoms. The summed E-state index contributed by atoms with van der Waals surface area (Å²) in [7, 11) is -3.25. The maximum Gasteiger partial charge on any atom is 0.495 e. The smallest absolute Gasteiger partial charge is 0.495 e. The van der Waals surface area contributed by atoms with E-state index >= 15 is 0 Å². The molecule has 7 nitrogen and oxygen atoms in total. The van der Waals surface area contributed by atoms with Gasteiger partial charge in [-0.1, -0.05) is 18.2 Å². The molecule has 4 aromatic rings. The summed E-state index contributed by atoms with van der Waals surface area (Å²) in [5.41, 5.74) is -4.50. The van der Waals surface area contributed by atoms with E-state index in [0.717, 1.165) is 33.4 Å². The second kappa shape index (κ2) is 15.1. The number of aliphatic hydroxyl groups is 1. The van der Waals surface area contributed by atoms with Crippen molar-refractivity contribution >= 4 is 27.4 Å². The molecule has 0 spiro atoms. The summed E-state index contributed by atoms with van der Waals surface area (Å²) < 4.78 is 149. The molecule has 0 saturated carbocycles. The highest BCUT2D eigenvalue weighted by Crippen LogP contribution is 2.29. The van der Waals surface area contributed by atoms with Crippen molar-refractivity contribution in [3.8, 4) is 0 Å². The maximum atomic E-state index is 12.7. The number of nitrogens with zero attached hydrogens (tertiary/aromatic N) is 2. The van der Waals surface area contributed by atoms with E-state index in [4.69, 9.17) is 18.1 Å². The monoisotopic (exact) mass is 664 g/mol. The van der Waals surface area contributed by atoms with E-state index in [1.165, 1.54) is 27.1 Å². The van der Waals surface area contributed by atoms with Gasteiger partial charge < -0.3 is 9.66 Å². The molecule has 4 rings (SSSR count). The van der Waals surface area contributed by atoms with Gasteiger partial charge in [-0.25, -0.2) is 35.1 Å². The molecule has 18 heteroatoms. The first-order valence-electron chi connectivity index (χ1n) is 11.6. The first-order chi connectivity index (χ1) is 20.0. The fourth-order valence-electron chi connectivity index (χ4n) is 3.30. The Kier molecular flexibility index (Phi) is 13.1. The van der Waals surface area contributed by atoms with E-state index < -0.39 is 57.0 Å². The van der Waals surface area contributed by atoms with Gasteiger partial charge in [0.15, 0.2) is 27.4 Å². The standard InChI is InChI=1S/C10H10F3N2.C8H8F2O.C7H4F2O.CHF3O3S/c1-14-7-5-3-4-6-8(7)15(2)9(14)10(11,12)13;1-5(11)7-3-2-6(9)4-8(7)10;8-6-2-1-5(4-10)7(9)3-6;2-1(3,4)8(5,6)7/h3-6H,1-2H3;2-5,11H,1H3;1-4H;(H,5,6,7)/q+1;;;/p-1. The number of imidazole rings is 1. The first kappa shape index (κ1) is 38.0. The van der Waals surface area contributed by atoms with Crippen molar-refractivity contribution in [3.63, 3.8) is 0 Å². The van der Waals surface area contributed by atoms with Crippen LogP contribution in [0.3, 0.4) is 0 Å². The molecule has 1 N–H and O–H groups in total. The minimum Gasteiger partial charge on any atom is -0.741 e. The number of hydrogen-bond donors (Lipinski definition) is 1. The van der Waals surface area contributed by atoms with Gasteiger partial charge in [0.05, 0.1) is 25.8 Å². The third kappa shape index (κ3) is 10.6. The van der Waals surface area contributed by atoms with Crippen LogP contribution in [0.25, 0.3) is 11.0 Å². The van der Waals surface area contributed by atoms with Crippen LogP contribution >= 0.6 is 0 Å². The molecular formula is C26H22F10N2O5S. The predicted octanol–water partition coefficient (Wildman–Crippen LogP) is 5.87. The van der Waals surface area contributed by atoms with Crippen molar-refractivity contribution in [2.24, 2.45) is 14.1 Å². The van der Waals surface area contributed by atoms with Gasteiger partial charge in [-0.15, -0.1) is 0 Å². The average molecular weight is 665 g/mol. The molecule has 1 unspecified atom stereocenters. The van der Waals surface area contributed by atoms with Crippen molar-refractivity contribution in [2.45, 2.75) is 24.7 Å². The maximum absolute atomic E-state index is 12.7. The number of aryl methyl sites for hydroxylation is 2. The van der Waals surface area contributed by atoms with Crippen LogP contribution in [0, 0.1) is 23.3 Å². The van der Waals surface area contributed by atoms with Crippen LogP contribution in [-0.4, -0.2) is 34.4 Å². The summed E-state index contributed by atoms with van der Waals surface area (Å²) in [6.45, 7) is 1.43. The Labute approximate surface area is 243 Å². The lowest BCUT2D eigenvalue weighted by molar-refractivity contribution is -0.667. The normalized spacial score (nSPS) is 12.2. The third-order valence-electron chi connectivity index (χ3n) is 5.28. The molecule has 1 aromatic heterocycles. The van der Waals surface area contributed by atoms with Gasteiger partial charge in [0.2, 0.25) is 0 Å². The molecular weight excluding hydrogens is 642 g/mol. The lowest BCUT2D eigenvalue weighted by Crippen LogP contribution is -2.37. The van der Waals surface area contributed by atoms with E-state index in [0.29, 0.717) is 23.4 Å². The Morgan fingerprint density at radius 3 is 1.75 bits per heavy atom. The zero-order valence-corrected chi connectivity index (χ0v) is 23.4. The quantitative estimate of drug-likeness (QED) is 0.0950. The lowest BCUT2D eigenvalue weighted by Gasteiger charge is -2.08. The largest absolute Gasteiger partial charge is 0.741 e. The molecule has 44 heavy (non-hydrogen) atoms. The molecule has 1 atom stereocenters.